The summed E-state index contributed by atoms with van der Waals surface area (Å²) in [6.45, 7) is 3.95. The molecule has 0 heterocycles. The van der Waals surface area contributed by atoms with Gasteiger partial charge in [0.05, 0.1) is 5.56 Å². The molecule has 0 bridgehead atoms. The van der Waals surface area contributed by atoms with Gasteiger partial charge in [-0.05, 0) is 23.6 Å². The van der Waals surface area contributed by atoms with Crippen molar-refractivity contribution >= 4 is 20.5 Å². The number of rotatable bonds is 2. The molecule has 0 radical (unpaired) electrons. The van der Waals surface area contributed by atoms with Gasteiger partial charge in [0.25, 0.3) is 5.91 Å². The van der Waals surface area contributed by atoms with Crippen molar-refractivity contribution in [2.75, 3.05) is 0 Å². The van der Waals surface area contributed by atoms with Crippen molar-refractivity contribution in [3.8, 4) is 0 Å². The maximum Gasteiger partial charge on any atom is 0.251 e. The third-order valence-corrected chi connectivity index (χ3v) is 2.48. The van der Waals surface area contributed by atoms with Gasteiger partial charge in [0.1, 0.15) is 5.82 Å². The first kappa shape index (κ1) is 11.1. The van der Waals surface area contributed by atoms with Crippen LogP contribution in [0.5, 0.6) is 0 Å². The van der Waals surface area contributed by atoms with Gasteiger partial charge in [-0.2, -0.15) is 0 Å². The van der Waals surface area contributed by atoms with E-state index in [9.17, 15) is 9.18 Å². The normalized spacial score (nSPS) is 10.6. The highest BCUT2D eigenvalue weighted by molar-refractivity contribution is 7.27. The van der Waals surface area contributed by atoms with Crippen LogP contribution >= 0.6 is 9.24 Å². The molecule has 0 aliphatic heterocycles. The highest BCUT2D eigenvalue weighted by Gasteiger charge is 2.13. The number of carbonyl (C=O) groups excluding carboxylic acids is 1. The van der Waals surface area contributed by atoms with E-state index in [0.717, 1.165) is 5.56 Å². The second kappa shape index (κ2) is 4.05. The zero-order chi connectivity index (χ0) is 10.9. The molecule has 0 aromatic heterocycles. The lowest BCUT2D eigenvalue weighted by Gasteiger charge is -2.09. The van der Waals surface area contributed by atoms with Crippen LogP contribution in [-0.2, 0) is 0 Å². The van der Waals surface area contributed by atoms with Crippen LogP contribution in [0.3, 0.4) is 0 Å². The molecule has 0 fully saturated rings. The van der Waals surface area contributed by atoms with Gasteiger partial charge in [0.2, 0.25) is 0 Å². The maximum atomic E-state index is 13.4. The SMILES string of the molecule is CC(C)c1cc(P)c(F)c(C(N)=O)c1. The number of amides is 1. The van der Waals surface area contributed by atoms with Crippen LogP contribution in [0.2, 0.25) is 0 Å². The quantitative estimate of drug-likeness (QED) is 0.744. The van der Waals surface area contributed by atoms with Crippen LogP contribution in [0.15, 0.2) is 12.1 Å². The van der Waals surface area contributed by atoms with Crippen molar-refractivity contribution in [1.82, 2.24) is 0 Å². The lowest BCUT2D eigenvalue weighted by atomic mass is 10.0. The molecule has 76 valence electrons. The van der Waals surface area contributed by atoms with E-state index >= 15 is 0 Å². The molecule has 4 heteroatoms. The Morgan fingerprint density at radius 3 is 2.50 bits per heavy atom. The van der Waals surface area contributed by atoms with Crippen LogP contribution in [0.25, 0.3) is 0 Å². The van der Waals surface area contributed by atoms with E-state index in [4.69, 9.17) is 5.73 Å². The van der Waals surface area contributed by atoms with Gasteiger partial charge in [-0.25, -0.2) is 4.39 Å². The predicted octanol–water partition coefficient (Wildman–Crippen LogP) is 1.55. The fourth-order valence-electron chi connectivity index (χ4n) is 1.18. The number of carbonyl (C=O) groups is 1. The Hall–Kier alpha value is -0.950. The molecule has 2 nitrogen and oxygen atoms in total. The zero-order valence-corrected chi connectivity index (χ0v) is 9.33. The molecule has 0 saturated heterocycles. The van der Waals surface area contributed by atoms with Crippen molar-refractivity contribution in [3.05, 3.63) is 29.1 Å². The van der Waals surface area contributed by atoms with Gasteiger partial charge < -0.3 is 5.73 Å². The molecule has 2 N–H and O–H groups in total. The third kappa shape index (κ3) is 2.10. The second-order valence-corrected chi connectivity index (χ2v) is 4.11. The van der Waals surface area contributed by atoms with E-state index in [1.54, 1.807) is 6.07 Å². The minimum atomic E-state index is -0.728. The number of primary amides is 1. The largest absolute Gasteiger partial charge is 0.366 e. The minimum absolute atomic E-state index is 0.0406. The summed E-state index contributed by atoms with van der Waals surface area (Å²) in [4.78, 5) is 10.9. The molecular formula is C10H13FNOP. The summed E-state index contributed by atoms with van der Waals surface area (Å²) in [7, 11) is 2.26. The lowest BCUT2D eigenvalue weighted by Crippen LogP contribution is -2.18. The second-order valence-electron chi connectivity index (χ2n) is 3.49. The van der Waals surface area contributed by atoms with Crippen molar-refractivity contribution in [2.45, 2.75) is 19.8 Å². The molecule has 0 aliphatic carbocycles. The summed E-state index contributed by atoms with van der Waals surface area (Å²) in [5.74, 6) is -1.03. The van der Waals surface area contributed by atoms with E-state index in [0.29, 0.717) is 5.30 Å². The van der Waals surface area contributed by atoms with Gasteiger partial charge in [0, 0.05) is 5.30 Å². The van der Waals surface area contributed by atoms with Crippen LogP contribution < -0.4 is 11.0 Å². The fraction of sp³-hybridized carbons (Fsp3) is 0.300. The Kier molecular flexibility index (Phi) is 3.22. The van der Waals surface area contributed by atoms with Gasteiger partial charge in [-0.15, -0.1) is 9.24 Å². The molecular weight excluding hydrogens is 200 g/mol. The monoisotopic (exact) mass is 213 g/mol. The topological polar surface area (TPSA) is 43.1 Å². The average molecular weight is 213 g/mol. The van der Waals surface area contributed by atoms with Crippen molar-refractivity contribution < 1.29 is 9.18 Å². The summed E-state index contributed by atoms with van der Waals surface area (Å²) in [6, 6.07) is 3.22. The zero-order valence-electron chi connectivity index (χ0n) is 8.17. The number of nitrogens with two attached hydrogens (primary N) is 1. The summed E-state index contributed by atoms with van der Waals surface area (Å²) < 4.78 is 13.4. The Bertz CT molecular complexity index is 377. The average Bonchev–Trinajstić information content (AvgIpc) is 2.08. The van der Waals surface area contributed by atoms with E-state index < -0.39 is 11.7 Å². The van der Waals surface area contributed by atoms with Gasteiger partial charge in [0.15, 0.2) is 0 Å². The van der Waals surface area contributed by atoms with Crippen LogP contribution in [-0.4, -0.2) is 5.91 Å². The molecule has 1 amide bonds. The molecule has 1 aromatic carbocycles. The Balaban J connectivity index is 3.35. The Labute approximate surface area is 84.9 Å². The molecule has 0 spiro atoms. The van der Waals surface area contributed by atoms with Crippen molar-refractivity contribution in [1.29, 1.82) is 0 Å². The number of benzene rings is 1. The molecule has 0 aliphatic rings. The van der Waals surface area contributed by atoms with Crippen LogP contribution in [0.4, 0.5) is 4.39 Å². The Morgan fingerprint density at radius 1 is 1.50 bits per heavy atom. The predicted molar refractivity (Wildman–Crippen MR) is 58.4 cm³/mol. The molecule has 1 atom stereocenters. The maximum absolute atomic E-state index is 13.4. The minimum Gasteiger partial charge on any atom is -0.366 e. The first-order valence-corrected chi connectivity index (χ1v) is 4.90. The standard InChI is InChI=1S/C10H13FNOP/c1-5(2)6-3-7(10(12)13)9(11)8(14)4-6/h3-5H,14H2,1-2H3,(H2,12,13). The van der Waals surface area contributed by atoms with E-state index in [1.807, 2.05) is 13.8 Å². The Morgan fingerprint density at radius 2 is 2.07 bits per heavy atom. The first-order valence-electron chi connectivity index (χ1n) is 4.32. The van der Waals surface area contributed by atoms with Gasteiger partial charge in [-0.1, -0.05) is 13.8 Å². The summed E-state index contributed by atoms with van der Waals surface area (Å²) in [6.07, 6.45) is 0. The molecule has 14 heavy (non-hydrogen) atoms. The van der Waals surface area contributed by atoms with Crippen LogP contribution in [0.1, 0.15) is 35.7 Å². The fourth-order valence-corrected chi connectivity index (χ4v) is 1.53. The number of hydrogen-bond acceptors (Lipinski definition) is 1. The smallest absolute Gasteiger partial charge is 0.251 e. The van der Waals surface area contributed by atoms with Crippen LogP contribution in [0, 0.1) is 5.82 Å². The number of halogens is 1. The molecule has 0 saturated carbocycles. The van der Waals surface area contributed by atoms with Crippen molar-refractivity contribution in [2.24, 2.45) is 5.73 Å². The van der Waals surface area contributed by atoms with Gasteiger partial charge in [-0.3, -0.25) is 4.79 Å². The highest BCUT2D eigenvalue weighted by Crippen LogP contribution is 2.18. The van der Waals surface area contributed by atoms with Gasteiger partial charge >= 0.3 is 0 Å². The molecule has 1 unspecified atom stereocenters. The third-order valence-electron chi connectivity index (χ3n) is 2.06. The van der Waals surface area contributed by atoms with E-state index in [2.05, 4.69) is 9.24 Å². The molecule has 1 aromatic rings. The van der Waals surface area contributed by atoms with Crippen molar-refractivity contribution in [3.63, 3.8) is 0 Å². The summed E-state index contributed by atoms with van der Waals surface area (Å²) >= 11 is 0. The lowest BCUT2D eigenvalue weighted by molar-refractivity contribution is 0.0996. The summed E-state index contributed by atoms with van der Waals surface area (Å²) in [5, 5.41) is 0.380. The van der Waals surface area contributed by atoms with E-state index in [1.165, 1.54) is 6.07 Å². The first-order chi connectivity index (χ1) is 6.43. The highest BCUT2D eigenvalue weighted by atomic mass is 31.0. The number of hydrogen-bond donors (Lipinski definition) is 1. The van der Waals surface area contributed by atoms with E-state index in [-0.39, 0.29) is 11.5 Å². The summed E-state index contributed by atoms with van der Waals surface area (Å²) in [5.41, 5.74) is 5.93. The molecule has 1 rings (SSSR count).